The van der Waals surface area contributed by atoms with Crippen LogP contribution in [-0.2, 0) is 0 Å². The number of hydrogen-bond acceptors (Lipinski definition) is 3. The number of nitrogens with one attached hydrogen (secondary N) is 1. The van der Waals surface area contributed by atoms with Gasteiger partial charge in [0.15, 0.2) is 5.76 Å². The normalized spacial score (nSPS) is 13.4. The summed E-state index contributed by atoms with van der Waals surface area (Å²) in [7, 11) is 0. The fraction of sp³-hybridized carbons (Fsp3) is 0.500. The van der Waals surface area contributed by atoms with E-state index in [2.05, 4.69) is 5.32 Å². The van der Waals surface area contributed by atoms with E-state index in [0.717, 1.165) is 16.5 Å². The Bertz CT molecular complexity index is 644. The van der Waals surface area contributed by atoms with Crippen LogP contribution in [0.5, 0.6) is 0 Å². The fourth-order valence-corrected chi connectivity index (χ4v) is 2.69. The van der Waals surface area contributed by atoms with E-state index in [1.807, 2.05) is 39.8 Å². The van der Waals surface area contributed by atoms with E-state index in [1.54, 1.807) is 13.0 Å². The van der Waals surface area contributed by atoms with Crippen LogP contribution in [0.15, 0.2) is 22.6 Å². The Morgan fingerprint density at radius 1 is 1.27 bits per heavy atom. The lowest BCUT2D eigenvalue weighted by atomic mass is 9.87. The molecule has 1 unspecified atom stereocenters. The highest BCUT2D eigenvalue weighted by Crippen LogP contribution is 2.24. The third-order valence-corrected chi connectivity index (χ3v) is 3.93. The molecule has 0 radical (unpaired) electrons. The van der Waals surface area contributed by atoms with E-state index < -0.39 is 0 Å². The number of amides is 1. The van der Waals surface area contributed by atoms with Crippen LogP contribution in [0.2, 0.25) is 0 Å². The van der Waals surface area contributed by atoms with Gasteiger partial charge in [0, 0.05) is 11.9 Å². The van der Waals surface area contributed by atoms with Gasteiger partial charge >= 0.3 is 0 Å². The monoisotopic (exact) mass is 303 g/mol. The first kappa shape index (κ1) is 16.6. The number of carbonyl (C=O) groups is 1. The Morgan fingerprint density at radius 3 is 2.55 bits per heavy atom. The van der Waals surface area contributed by atoms with Crippen LogP contribution in [0.25, 0.3) is 11.0 Å². The maximum absolute atomic E-state index is 12.2. The van der Waals surface area contributed by atoms with E-state index in [4.69, 9.17) is 4.42 Å². The zero-order chi connectivity index (χ0) is 16.5. The SMILES string of the molecule is Cc1cc2cc(C(=O)NCC(C)(C)CC(C)O)oc2cc1C. The molecule has 1 atom stereocenters. The minimum absolute atomic E-state index is 0.164. The van der Waals surface area contributed by atoms with Crippen LogP contribution in [-0.4, -0.2) is 23.7 Å². The van der Waals surface area contributed by atoms with Crippen molar-refractivity contribution >= 4 is 16.9 Å². The summed E-state index contributed by atoms with van der Waals surface area (Å²) in [6.45, 7) is 10.4. The zero-order valence-corrected chi connectivity index (χ0v) is 14.0. The molecule has 4 nitrogen and oxygen atoms in total. The molecule has 0 bridgehead atoms. The van der Waals surface area contributed by atoms with Crippen molar-refractivity contribution in [2.24, 2.45) is 5.41 Å². The van der Waals surface area contributed by atoms with Crippen LogP contribution < -0.4 is 5.32 Å². The summed E-state index contributed by atoms with van der Waals surface area (Å²) in [6, 6.07) is 5.76. The third-order valence-electron chi connectivity index (χ3n) is 3.93. The van der Waals surface area contributed by atoms with Crippen LogP contribution >= 0.6 is 0 Å². The van der Waals surface area contributed by atoms with Crippen molar-refractivity contribution in [2.45, 2.75) is 47.1 Å². The smallest absolute Gasteiger partial charge is 0.287 e. The molecule has 0 saturated carbocycles. The topological polar surface area (TPSA) is 62.5 Å². The summed E-state index contributed by atoms with van der Waals surface area (Å²) in [5.74, 6) is 0.109. The predicted molar refractivity (Wildman–Crippen MR) is 88.1 cm³/mol. The summed E-state index contributed by atoms with van der Waals surface area (Å²) in [5.41, 5.74) is 2.89. The van der Waals surface area contributed by atoms with Gasteiger partial charge in [0.2, 0.25) is 0 Å². The van der Waals surface area contributed by atoms with Gasteiger partial charge in [-0.25, -0.2) is 0 Å². The van der Waals surface area contributed by atoms with Gasteiger partial charge in [0.25, 0.3) is 5.91 Å². The molecule has 1 heterocycles. The highest BCUT2D eigenvalue weighted by atomic mass is 16.3. The van der Waals surface area contributed by atoms with Crippen molar-refractivity contribution < 1.29 is 14.3 Å². The zero-order valence-electron chi connectivity index (χ0n) is 14.0. The fourth-order valence-electron chi connectivity index (χ4n) is 2.69. The second-order valence-corrected chi connectivity index (χ2v) is 6.98. The molecule has 0 saturated heterocycles. The van der Waals surface area contributed by atoms with E-state index in [9.17, 15) is 9.90 Å². The van der Waals surface area contributed by atoms with Crippen molar-refractivity contribution in [1.29, 1.82) is 0 Å². The summed E-state index contributed by atoms with van der Waals surface area (Å²) < 4.78 is 5.65. The largest absolute Gasteiger partial charge is 0.451 e. The number of aryl methyl sites for hydroxylation is 2. The maximum atomic E-state index is 12.2. The summed E-state index contributed by atoms with van der Waals surface area (Å²) >= 11 is 0. The molecule has 0 aliphatic heterocycles. The lowest BCUT2D eigenvalue weighted by Crippen LogP contribution is -2.35. The first-order chi connectivity index (χ1) is 10.2. The quantitative estimate of drug-likeness (QED) is 0.887. The Kier molecular flexibility index (Phi) is 4.61. The molecule has 4 heteroatoms. The minimum atomic E-state index is -0.385. The van der Waals surface area contributed by atoms with Crippen LogP contribution in [0.4, 0.5) is 0 Å². The standard InChI is InChI=1S/C18H25NO3/c1-11-6-14-8-16(22-15(14)7-12(11)2)17(21)19-10-18(4,5)9-13(3)20/h6-8,13,20H,9-10H2,1-5H3,(H,19,21). The van der Waals surface area contributed by atoms with E-state index in [0.29, 0.717) is 18.7 Å². The second-order valence-electron chi connectivity index (χ2n) is 6.98. The van der Waals surface area contributed by atoms with Gasteiger partial charge in [-0.05, 0) is 61.9 Å². The van der Waals surface area contributed by atoms with Gasteiger partial charge in [0.1, 0.15) is 5.58 Å². The number of aliphatic hydroxyl groups is 1. The Hall–Kier alpha value is -1.81. The van der Waals surface area contributed by atoms with Gasteiger partial charge in [0.05, 0.1) is 6.10 Å². The summed E-state index contributed by atoms with van der Waals surface area (Å²) in [6.07, 6.45) is 0.246. The number of fused-ring (bicyclic) bond motifs is 1. The van der Waals surface area contributed by atoms with Crippen molar-refractivity contribution in [3.05, 3.63) is 35.1 Å². The molecule has 1 aromatic carbocycles. The van der Waals surface area contributed by atoms with E-state index in [-0.39, 0.29) is 17.4 Å². The lowest BCUT2D eigenvalue weighted by Gasteiger charge is -2.26. The van der Waals surface area contributed by atoms with Gasteiger partial charge < -0.3 is 14.8 Å². The molecule has 2 N–H and O–H groups in total. The minimum Gasteiger partial charge on any atom is -0.451 e. The molecule has 2 aromatic rings. The number of benzene rings is 1. The number of carbonyl (C=O) groups excluding carboxylic acids is 1. The lowest BCUT2D eigenvalue weighted by molar-refractivity contribution is 0.0878. The molecule has 0 aliphatic rings. The van der Waals surface area contributed by atoms with Crippen molar-refractivity contribution in [1.82, 2.24) is 5.32 Å². The Balaban J connectivity index is 2.10. The van der Waals surface area contributed by atoms with Crippen LogP contribution in [0.3, 0.4) is 0 Å². The van der Waals surface area contributed by atoms with Crippen LogP contribution in [0.1, 0.15) is 48.9 Å². The Morgan fingerprint density at radius 2 is 1.91 bits per heavy atom. The average molecular weight is 303 g/mol. The first-order valence-corrected chi connectivity index (χ1v) is 7.65. The molecule has 120 valence electrons. The number of aliphatic hydroxyl groups excluding tert-OH is 1. The van der Waals surface area contributed by atoms with E-state index in [1.165, 1.54) is 5.56 Å². The van der Waals surface area contributed by atoms with Gasteiger partial charge in [-0.15, -0.1) is 0 Å². The van der Waals surface area contributed by atoms with Gasteiger partial charge in [-0.2, -0.15) is 0 Å². The first-order valence-electron chi connectivity index (χ1n) is 7.65. The van der Waals surface area contributed by atoms with Crippen LogP contribution in [0, 0.1) is 19.3 Å². The molecule has 1 aromatic heterocycles. The molecular formula is C18H25NO3. The highest BCUT2D eigenvalue weighted by molar-refractivity contribution is 5.96. The molecule has 0 spiro atoms. The molecule has 2 rings (SSSR count). The maximum Gasteiger partial charge on any atom is 0.287 e. The molecule has 1 amide bonds. The predicted octanol–water partition coefficient (Wildman–Crippen LogP) is 3.58. The van der Waals surface area contributed by atoms with Gasteiger partial charge in [-0.3, -0.25) is 4.79 Å². The Labute approximate surface area is 131 Å². The van der Waals surface area contributed by atoms with Crippen molar-refractivity contribution in [2.75, 3.05) is 6.54 Å². The van der Waals surface area contributed by atoms with Crippen molar-refractivity contribution in [3.63, 3.8) is 0 Å². The molecule has 0 fully saturated rings. The number of furan rings is 1. The molecule has 0 aliphatic carbocycles. The van der Waals surface area contributed by atoms with Crippen molar-refractivity contribution in [3.8, 4) is 0 Å². The second kappa shape index (κ2) is 6.13. The molecular weight excluding hydrogens is 278 g/mol. The van der Waals surface area contributed by atoms with E-state index >= 15 is 0 Å². The summed E-state index contributed by atoms with van der Waals surface area (Å²) in [5, 5.41) is 13.3. The third kappa shape index (κ3) is 3.89. The van der Waals surface area contributed by atoms with Gasteiger partial charge in [-0.1, -0.05) is 13.8 Å². The average Bonchev–Trinajstić information content (AvgIpc) is 2.78. The highest BCUT2D eigenvalue weighted by Gasteiger charge is 2.22. The number of rotatable bonds is 5. The number of hydrogen-bond donors (Lipinski definition) is 2. The molecule has 22 heavy (non-hydrogen) atoms. The summed E-state index contributed by atoms with van der Waals surface area (Å²) in [4.78, 5) is 12.2.